The molecule has 0 aliphatic rings. The number of aromatic nitrogens is 2. The highest BCUT2D eigenvalue weighted by molar-refractivity contribution is 5.87. The molecule has 0 aliphatic carbocycles. The first-order valence-electron chi connectivity index (χ1n) is 3.07. The van der Waals surface area contributed by atoms with E-state index in [9.17, 15) is 13.6 Å². The Kier molecular flexibility index (Phi) is 2.07. The van der Waals surface area contributed by atoms with Gasteiger partial charge in [-0.25, -0.2) is 13.6 Å². The first kappa shape index (κ1) is 8.63. The predicted molar refractivity (Wildman–Crippen MR) is 35.1 cm³/mol. The van der Waals surface area contributed by atoms with Gasteiger partial charge in [0.1, 0.15) is 0 Å². The largest absolute Gasteiger partial charge is 0.477 e. The molecule has 0 amide bonds. The van der Waals surface area contributed by atoms with Crippen LogP contribution in [0.3, 0.4) is 0 Å². The monoisotopic (exact) mass is 176 g/mol. The first-order valence-corrected chi connectivity index (χ1v) is 3.07. The number of alkyl halides is 2. The van der Waals surface area contributed by atoms with Crippen molar-refractivity contribution in [2.24, 2.45) is 7.05 Å². The van der Waals surface area contributed by atoms with E-state index < -0.39 is 23.7 Å². The molecule has 4 nitrogen and oxygen atoms in total. The second kappa shape index (κ2) is 2.88. The molecule has 0 bridgehead atoms. The molecule has 12 heavy (non-hydrogen) atoms. The summed E-state index contributed by atoms with van der Waals surface area (Å²) in [5.74, 6) is -1.40. The molecule has 0 saturated heterocycles. The Morgan fingerprint density at radius 1 is 1.75 bits per heavy atom. The lowest BCUT2D eigenvalue weighted by Crippen LogP contribution is -2.08. The smallest absolute Gasteiger partial charge is 0.354 e. The second-order valence-corrected chi connectivity index (χ2v) is 2.18. The maximum absolute atomic E-state index is 12.1. The Bertz CT molecular complexity index is 308. The Hall–Kier alpha value is -1.46. The van der Waals surface area contributed by atoms with Gasteiger partial charge in [0.15, 0.2) is 5.69 Å². The average Bonchev–Trinajstić information content (AvgIpc) is 2.30. The number of carboxylic acids is 1. The summed E-state index contributed by atoms with van der Waals surface area (Å²) in [5.41, 5.74) is -1.02. The van der Waals surface area contributed by atoms with Crippen LogP contribution >= 0.6 is 0 Å². The van der Waals surface area contributed by atoms with Gasteiger partial charge in [0, 0.05) is 7.05 Å². The fourth-order valence-corrected chi connectivity index (χ4v) is 0.876. The minimum atomic E-state index is -2.80. The molecule has 0 aliphatic heterocycles. The topological polar surface area (TPSA) is 55.1 Å². The van der Waals surface area contributed by atoms with E-state index in [2.05, 4.69) is 5.10 Å². The summed E-state index contributed by atoms with van der Waals surface area (Å²) in [6, 6.07) is 0. The van der Waals surface area contributed by atoms with Crippen molar-refractivity contribution in [1.82, 2.24) is 9.78 Å². The van der Waals surface area contributed by atoms with E-state index in [1.807, 2.05) is 0 Å². The molecule has 0 unspecified atom stereocenters. The van der Waals surface area contributed by atoms with E-state index >= 15 is 0 Å². The van der Waals surface area contributed by atoms with Crippen molar-refractivity contribution in [2.75, 3.05) is 0 Å². The van der Waals surface area contributed by atoms with Crippen molar-refractivity contribution in [1.29, 1.82) is 0 Å². The highest BCUT2D eigenvalue weighted by Crippen LogP contribution is 2.21. The van der Waals surface area contributed by atoms with E-state index in [4.69, 9.17) is 5.11 Å². The summed E-state index contributed by atoms with van der Waals surface area (Å²) in [6.45, 7) is 0. The number of nitrogens with zero attached hydrogens (tertiary/aromatic N) is 2. The fraction of sp³-hybridized carbons (Fsp3) is 0.333. The Morgan fingerprint density at radius 2 is 2.33 bits per heavy atom. The van der Waals surface area contributed by atoms with E-state index in [0.29, 0.717) is 0 Å². The molecule has 1 heterocycles. The SMILES string of the molecule is Cn1ncc(C(F)F)c1C(=O)O. The van der Waals surface area contributed by atoms with Gasteiger partial charge >= 0.3 is 5.97 Å². The molecule has 1 rings (SSSR count). The summed E-state index contributed by atoms with van der Waals surface area (Å²) < 4.78 is 25.1. The predicted octanol–water partition coefficient (Wildman–Crippen LogP) is 1.06. The first-order chi connectivity index (χ1) is 5.54. The zero-order valence-electron chi connectivity index (χ0n) is 6.16. The number of hydrogen-bond acceptors (Lipinski definition) is 2. The van der Waals surface area contributed by atoms with Gasteiger partial charge in [-0.3, -0.25) is 4.68 Å². The summed E-state index contributed by atoms with van der Waals surface area (Å²) >= 11 is 0. The quantitative estimate of drug-likeness (QED) is 0.732. The van der Waals surface area contributed by atoms with E-state index in [1.165, 1.54) is 7.05 Å². The van der Waals surface area contributed by atoms with Crippen LogP contribution in [0, 0.1) is 0 Å². The molecule has 0 spiro atoms. The lowest BCUT2D eigenvalue weighted by Gasteiger charge is -1.98. The highest BCUT2D eigenvalue weighted by atomic mass is 19.3. The number of carboxylic acid groups (broad SMARTS) is 1. The number of aryl methyl sites for hydroxylation is 1. The Labute approximate surface area is 66.4 Å². The highest BCUT2D eigenvalue weighted by Gasteiger charge is 2.21. The van der Waals surface area contributed by atoms with Crippen molar-refractivity contribution in [3.8, 4) is 0 Å². The van der Waals surface area contributed by atoms with Gasteiger partial charge in [0.25, 0.3) is 6.43 Å². The van der Waals surface area contributed by atoms with Crippen molar-refractivity contribution < 1.29 is 18.7 Å². The third kappa shape index (κ3) is 1.27. The number of carbonyl (C=O) groups is 1. The van der Waals surface area contributed by atoms with Gasteiger partial charge in [-0.1, -0.05) is 0 Å². The number of rotatable bonds is 2. The lowest BCUT2D eigenvalue weighted by atomic mass is 10.2. The normalized spacial score (nSPS) is 10.7. The van der Waals surface area contributed by atoms with Gasteiger partial charge in [0.05, 0.1) is 11.8 Å². The van der Waals surface area contributed by atoms with Crippen LogP contribution in [0.2, 0.25) is 0 Å². The van der Waals surface area contributed by atoms with Crippen LogP contribution in [-0.2, 0) is 7.05 Å². The molecule has 1 aromatic rings. The summed E-state index contributed by atoms with van der Waals surface area (Å²) in [5, 5.41) is 11.9. The number of halogens is 2. The maximum atomic E-state index is 12.1. The molecule has 0 saturated carbocycles. The van der Waals surface area contributed by atoms with E-state index in [-0.39, 0.29) is 0 Å². The van der Waals surface area contributed by atoms with Crippen LogP contribution in [0.1, 0.15) is 22.5 Å². The van der Waals surface area contributed by atoms with Gasteiger partial charge < -0.3 is 5.11 Å². The molecule has 0 aromatic carbocycles. The molecule has 0 radical (unpaired) electrons. The van der Waals surface area contributed by atoms with Crippen LogP contribution in [0.15, 0.2) is 6.20 Å². The Morgan fingerprint density at radius 3 is 2.67 bits per heavy atom. The molecule has 1 N–H and O–H groups in total. The third-order valence-corrected chi connectivity index (χ3v) is 1.40. The van der Waals surface area contributed by atoms with Crippen LogP contribution < -0.4 is 0 Å². The average molecular weight is 176 g/mol. The van der Waals surface area contributed by atoms with Crippen LogP contribution in [-0.4, -0.2) is 20.9 Å². The zero-order chi connectivity index (χ0) is 9.30. The summed E-state index contributed by atoms with van der Waals surface area (Å²) in [6.07, 6.45) is -1.95. The van der Waals surface area contributed by atoms with Crippen molar-refractivity contribution >= 4 is 5.97 Å². The minimum absolute atomic E-state index is 0.468. The van der Waals surface area contributed by atoms with Crippen LogP contribution in [0.5, 0.6) is 0 Å². The van der Waals surface area contributed by atoms with Gasteiger partial charge in [0.2, 0.25) is 0 Å². The van der Waals surface area contributed by atoms with Crippen molar-refractivity contribution in [3.63, 3.8) is 0 Å². The maximum Gasteiger partial charge on any atom is 0.354 e. The van der Waals surface area contributed by atoms with Gasteiger partial charge in [-0.2, -0.15) is 5.10 Å². The number of hydrogen-bond donors (Lipinski definition) is 1. The van der Waals surface area contributed by atoms with Crippen molar-refractivity contribution in [3.05, 3.63) is 17.5 Å². The van der Waals surface area contributed by atoms with Crippen LogP contribution in [0.4, 0.5) is 8.78 Å². The lowest BCUT2D eigenvalue weighted by molar-refractivity contribution is 0.0672. The zero-order valence-corrected chi connectivity index (χ0v) is 6.16. The van der Waals surface area contributed by atoms with Gasteiger partial charge in [-0.15, -0.1) is 0 Å². The minimum Gasteiger partial charge on any atom is -0.477 e. The molecular formula is C6H6F2N2O2. The summed E-state index contributed by atoms with van der Waals surface area (Å²) in [4.78, 5) is 10.4. The molecule has 66 valence electrons. The van der Waals surface area contributed by atoms with Gasteiger partial charge in [-0.05, 0) is 0 Å². The molecule has 0 fully saturated rings. The second-order valence-electron chi connectivity index (χ2n) is 2.18. The van der Waals surface area contributed by atoms with E-state index in [1.54, 1.807) is 0 Å². The molecule has 1 aromatic heterocycles. The van der Waals surface area contributed by atoms with Crippen molar-refractivity contribution in [2.45, 2.75) is 6.43 Å². The fourth-order valence-electron chi connectivity index (χ4n) is 0.876. The molecular weight excluding hydrogens is 170 g/mol. The Balaban J connectivity index is 3.21. The summed E-state index contributed by atoms with van der Waals surface area (Å²) in [7, 11) is 1.30. The number of aromatic carboxylic acids is 1. The van der Waals surface area contributed by atoms with E-state index in [0.717, 1.165) is 10.9 Å². The van der Waals surface area contributed by atoms with Crippen LogP contribution in [0.25, 0.3) is 0 Å². The molecule has 6 heteroatoms. The molecule has 0 atom stereocenters. The third-order valence-electron chi connectivity index (χ3n) is 1.40. The standard InChI is InChI=1S/C6H6F2N2O2/c1-10-4(6(11)12)3(2-9-10)5(7)8/h2,5H,1H3,(H,11,12).